The minimum absolute atomic E-state index is 0.00309. The third-order valence-corrected chi connectivity index (χ3v) is 4.02. The molecule has 0 radical (unpaired) electrons. The van der Waals surface area contributed by atoms with Crippen LogP contribution in [-0.2, 0) is 16.5 Å². The Morgan fingerprint density at radius 2 is 1.78 bits per heavy atom. The van der Waals surface area contributed by atoms with Gasteiger partial charge in [0.2, 0.25) is 0 Å². The van der Waals surface area contributed by atoms with Gasteiger partial charge in [-0.15, -0.1) is 0 Å². The van der Waals surface area contributed by atoms with Crippen molar-refractivity contribution in [3.05, 3.63) is 29.3 Å². The van der Waals surface area contributed by atoms with E-state index >= 15 is 0 Å². The number of aryl methyl sites for hydroxylation is 2. The van der Waals surface area contributed by atoms with Crippen LogP contribution in [0.3, 0.4) is 0 Å². The maximum atomic E-state index is 11.1. The topological polar surface area (TPSA) is 54.4 Å². The Morgan fingerprint density at radius 3 is 2.39 bits per heavy atom. The van der Waals surface area contributed by atoms with Gasteiger partial charge >= 0.3 is 0 Å². The van der Waals surface area contributed by atoms with Gasteiger partial charge in [-0.3, -0.25) is 4.55 Å². The molecule has 18 heavy (non-hydrogen) atoms. The molecule has 1 aromatic rings. The lowest BCUT2D eigenvalue weighted by Gasteiger charge is -2.07. The summed E-state index contributed by atoms with van der Waals surface area (Å²) in [5, 5.41) is 0. The molecule has 0 aliphatic rings. The molecule has 0 heterocycles. The molecule has 0 aliphatic heterocycles. The van der Waals surface area contributed by atoms with Crippen LogP contribution in [-0.4, -0.2) is 13.0 Å². The second-order valence-corrected chi connectivity index (χ2v) is 6.15. The Labute approximate surface area is 110 Å². The molecular formula is C14H22O3S. The zero-order chi connectivity index (χ0) is 13.6. The quantitative estimate of drug-likeness (QED) is 0.606. The van der Waals surface area contributed by atoms with Gasteiger partial charge in [-0.05, 0) is 43.0 Å². The first-order valence-corrected chi connectivity index (χ1v) is 7.96. The summed E-state index contributed by atoms with van der Waals surface area (Å²) in [6.45, 7) is 4.15. The number of benzene rings is 1. The van der Waals surface area contributed by atoms with Crippen LogP contribution >= 0.6 is 0 Å². The van der Waals surface area contributed by atoms with Gasteiger partial charge in [0.1, 0.15) is 0 Å². The van der Waals surface area contributed by atoms with Crippen LogP contribution in [0.1, 0.15) is 50.2 Å². The van der Waals surface area contributed by atoms with Gasteiger partial charge in [0, 0.05) is 0 Å². The van der Waals surface area contributed by atoms with Crippen LogP contribution < -0.4 is 0 Å². The van der Waals surface area contributed by atoms with E-state index in [0.29, 0.717) is 0 Å². The molecule has 0 atom stereocenters. The van der Waals surface area contributed by atoms with Crippen molar-refractivity contribution in [2.45, 2.75) is 57.3 Å². The lowest BCUT2D eigenvalue weighted by Crippen LogP contribution is -2.00. The summed E-state index contributed by atoms with van der Waals surface area (Å²) in [6, 6.07) is 4.79. The highest BCUT2D eigenvalue weighted by atomic mass is 32.2. The highest BCUT2D eigenvalue weighted by Crippen LogP contribution is 2.18. The van der Waals surface area contributed by atoms with E-state index in [2.05, 4.69) is 6.92 Å². The minimum Gasteiger partial charge on any atom is -0.282 e. The predicted octanol–water partition coefficient (Wildman–Crippen LogP) is 3.75. The van der Waals surface area contributed by atoms with E-state index in [-0.39, 0.29) is 4.90 Å². The summed E-state index contributed by atoms with van der Waals surface area (Å²) < 4.78 is 31.2. The van der Waals surface area contributed by atoms with Crippen LogP contribution in [0.2, 0.25) is 0 Å². The first-order valence-electron chi connectivity index (χ1n) is 6.52. The van der Waals surface area contributed by atoms with Gasteiger partial charge in [-0.25, -0.2) is 0 Å². The summed E-state index contributed by atoms with van der Waals surface area (Å²) in [6.07, 6.45) is 6.81. The predicted molar refractivity (Wildman–Crippen MR) is 73.5 cm³/mol. The zero-order valence-electron chi connectivity index (χ0n) is 11.1. The van der Waals surface area contributed by atoms with E-state index in [1.807, 2.05) is 6.92 Å². The standard InChI is InChI=1S/C14H22O3S/c1-3-4-5-6-7-8-13-11-14(18(15,16)17)10-9-12(13)2/h9-11H,3-8H2,1-2H3,(H,15,16,17). The molecule has 102 valence electrons. The first kappa shape index (κ1) is 15.2. The average Bonchev–Trinajstić information content (AvgIpc) is 2.29. The third-order valence-electron chi connectivity index (χ3n) is 3.17. The molecule has 0 aromatic heterocycles. The van der Waals surface area contributed by atoms with E-state index in [4.69, 9.17) is 4.55 Å². The maximum absolute atomic E-state index is 11.1. The van der Waals surface area contributed by atoms with Gasteiger partial charge < -0.3 is 0 Å². The van der Waals surface area contributed by atoms with E-state index in [0.717, 1.165) is 24.0 Å². The molecule has 4 heteroatoms. The van der Waals surface area contributed by atoms with E-state index in [1.54, 1.807) is 12.1 Å². The molecule has 0 fully saturated rings. The lowest BCUT2D eigenvalue weighted by molar-refractivity contribution is 0.483. The van der Waals surface area contributed by atoms with Crippen molar-refractivity contribution in [1.29, 1.82) is 0 Å². The SMILES string of the molecule is CCCCCCCc1cc(S(=O)(=O)O)ccc1C. The monoisotopic (exact) mass is 270 g/mol. The van der Waals surface area contributed by atoms with Gasteiger partial charge in [0.05, 0.1) is 4.90 Å². The van der Waals surface area contributed by atoms with Crippen molar-refractivity contribution in [2.24, 2.45) is 0 Å². The zero-order valence-corrected chi connectivity index (χ0v) is 12.0. The fourth-order valence-electron chi connectivity index (χ4n) is 2.00. The van der Waals surface area contributed by atoms with Crippen LogP contribution in [0.15, 0.2) is 23.1 Å². The minimum atomic E-state index is -4.08. The number of hydrogen-bond acceptors (Lipinski definition) is 2. The number of unbranched alkanes of at least 4 members (excludes halogenated alkanes) is 4. The van der Waals surface area contributed by atoms with Crippen molar-refractivity contribution < 1.29 is 13.0 Å². The van der Waals surface area contributed by atoms with E-state index < -0.39 is 10.1 Å². The second-order valence-electron chi connectivity index (χ2n) is 4.73. The number of rotatable bonds is 7. The Hall–Kier alpha value is -0.870. The van der Waals surface area contributed by atoms with Crippen molar-refractivity contribution in [3.8, 4) is 0 Å². The molecule has 0 saturated heterocycles. The van der Waals surface area contributed by atoms with Crippen LogP contribution in [0.5, 0.6) is 0 Å². The summed E-state index contributed by atoms with van der Waals surface area (Å²) in [5.41, 5.74) is 2.10. The maximum Gasteiger partial charge on any atom is 0.294 e. The molecule has 0 unspecified atom stereocenters. The highest BCUT2D eigenvalue weighted by Gasteiger charge is 2.11. The van der Waals surface area contributed by atoms with Crippen molar-refractivity contribution in [2.75, 3.05) is 0 Å². The molecule has 0 aliphatic carbocycles. The molecule has 0 saturated carbocycles. The Morgan fingerprint density at radius 1 is 1.11 bits per heavy atom. The first-order chi connectivity index (χ1) is 8.45. The number of hydrogen-bond donors (Lipinski definition) is 1. The average molecular weight is 270 g/mol. The fraction of sp³-hybridized carbons (Fsp3) is 0.571. The second kappa shape index (κ2) is 6.90. The highest BCUT2D eigenvalue weighted by molar-refractivity contribution is 7.85. The molecule has 3 nitrogen and oxygen atoms in total. The van der Waals surface area contributed by atoms with Crippen LogP contribution in [0, 0.1) is 6.92 Å². The summed E-state index contributed by atoms with van der Waals surface area (Å²) >= 11 is 0. The molecule has 1 aromatic carbocycles. The van der Waals surface area contributed by atoms with Gasteiger partial charge in [0.15, 0.2) is 0 Å². The molecular weight excluding hydrogens is 248 g/mol. The van der Waals surface area contributed by atoms with E-state index in [1.165, 1.54) is 31.7 Å². The summed E-state index contributed by atoms with van der Waals surface area (Å²) in [7, 11) is -4.08. The van der Waals surface area contributed by atoms with Crippen LogP contribution in [0.4, 0.5) is 0 Å². The van der Waals surface area contributed by atoms with Gasteiger partial charge in [0.25, 0.3) is 10.1 Å². The molecule has 1 N–H and O–H groups in total. The third kappa shape index (κ3) is 4.78. The van der Waals surface area contributed by atoms with Crippen molar-refractivity contribution in [3.63, 3.8) is 0 Å². The Kier molecular flexibility index (Phi) is 5.82. The van der Waals surface area contributed by atoms with Gasteiger partial charge in [-0.1, -0.05) is 38.7 Å². The van der Waals surface area contributed by atoms with Crippen LogP contribution in [0.25, 0.3) is 0 Å². The van der Waals surface area contributed by atoms with Crippen molar-refractivity contribution in [1.82, 2.24) is 0 Å². The van der Waals surface area contributed by atoms with Gasteiger partial charge in [-0.2, -0.15) is 8.42 Å². The summed E-state index contributed by atoms with van der Waals surface area (Å²) in [5.74, 6) is 0. The largest absolute Gasteiger partial charge is 0.294 e. The Bertz CT molecular complexity index is 478. The lowest BCUT2D eigenvalue weighted by atomic mass is 10.0. The molecule has 0 spiro atoms. The smallest absolute Gasteiger partial charge is 0.282 e. The summed E-state index contributed by atoms with van der Waals surface area (Å²) in [4.78, 5) is -0.00309. The molecule has 1 rings (SSSR count). The fourth-order valence-corrected chi connectivity index (χ4v) is 2.53. The Balaban J connectivity index is 2.65. The molecule has 0 bridgehead atoms. The molecule has 0 amide bonds. The normalized spacial score (nSPS) is 11.7. The van der Waals surface area contributed by atoms with E-state index in [9.17, 15) is 8.42 Å². The van der Waals surface area contributed by atoms with Crippen molar-refractivity contribution >= 4 is 10.1 Å².